The van der Waals surface area contributed by atoms with Gasteiger partial charge in [0.05, 0.1) is 24.4 Å². The van der Waals surface area contributed by atoms with E-state index < -0.39 is 17.8 Å². The first-order valence-electron chi connectivity index (χ1n) is 11.0. The Hall–Kier alpha value is -4.33. The second-order valence-corrected chi connectivity index (χ2v) is 8.22. The number of benzene rings is 2. The van der Waals surface area contributed by atoms with Gasteiger partial charge in [0.1, 0.15) is 18.9 Å². The minimum atomic E-state index is -1.09. The van der Waals surface area contributed by atoms with Crippen molar-refractivity contribution in [3.63, 3.8) is 0 Å². The van der Waals surface area contributed by atoms with Gasteiger partial charge in [0.2, 0.25) is 0 Å². The lowest BCUT2D eigenvalue weighted by molar-refractivity contribution is -0.304. The Morgan fingerprint density at radius 1 is 1.11 bits per heavy atom. The molecule has 0 aliphatic carbocycles. The van der Waals surface area contributed by atoms with E-state index in [1.165, 1.54) is 13.0 Å². The van der Waals surface area contributed by atoms with Gasteiger partial charge in [0.15, 0.2) is 0 Å². The predicted octanol–water partition coefficient (Wildman–Crippen LogP) is 3.54. The summed E-state index contributed by atoms with van der Waals surface area (Å²) in [4.78, 5) is 58.1. The van der Waals surface area contributed by atoms with Crippen LogP contribution in [0.3, 0.4) is 0 Å². The number of carboxylic acid groups (broad SMARTS) is 1. The second-order valence-electron chi connectivity index (χ2n) is 8.22. The lowest BCUT2D eigenvalue weighted by Gasteiger charge is -2.26. The molecule has 0 saturated carbocycles. The smallest absolute Gasteiger partial charge is 0.336 e. The molecular formula is C26H26N4O6. The highest BCUT2D eigenvalue weighted by Crippen LogP contribution is 2.27. The number of carbonyl (C=O) groups excluding carboxylic acids is 2. The van der Waals surface area contributed by atoms with E-state index in [1.807, 2.05) is 38.1 Å². The van der Waals surface area contributed by atoms with Crippen molar-refractivity contribution in [3.05, 3.63) is 81.8 Å². The maximum Gasteiger partial charge on any atom is 0.336 e. The van der Waals surface area contributed by atoms with E-state index in [2.05, 4.69) is 9.84 Å². The Balaban J connectivity index is 1.74. The van der Waals surface area contributed by atoms with Crippen LogP contribution in [0.25, 0.3) is 4.85 Å². The van der Waals surface area contributed by atoms with Crippen LogP contribution in [0, 0.1) is 13.5 Å². The van der Waals surface area contributed by atoms with Gasteiger partial charge in [-0.15, -0.1) is 0 Å². The number of nitrogens with zero attached hydrogens (tertiary/aromatic N) is 4. The number of hydrogen-bond donors (Lipinski definition) is 1. The number of anilines is 1. The van der Waals surface area contributed by atoms with E-state index in [0.717, 1.165) is 16.2 Å². The molecule has 0 spiro atoms. The van der Waals surface area contributed by atoms with Gasteiger partial charge in [0, 0.05) is 19.8 Å². The van der Waals surface area contributed by atoms with Gasteiger partial charge >= 0.3 is 5.97 Å². The summed E-state index contributed by atoms with van der Waals surface area (Å²) in [7, 11) is 3.83. The molecule has 0 saturated heterocycles. The first kappa shape index (κ1) is 26.3. The number of amides is 2. The average molecular weight is 491 g/mol. The maximum absolute atomic E-state index is 13.2. The maximum atomic E-state index is 13.2. The molecule has 3 rings (SSSR count). The largest absolute Gasteiger partial charge is 0.478 e. The number of aryl methyl sites for hydroxylation is 1. The molecule has 1 N–H and O–H groups in total. The molecule has 10 heteroatoms. The Morgan fingerprint density at radius 3 is 2.47 bits per heavy atom. The average Bonchev–Trinajstić information content (AvgIpc) is 2.84. The standard InChI is InChI=1S/C26H26N4O6/c1-16-14-19(29(4)5)10-11-21(16)28-23-17(2)22(27-3)24(31)30(25(23)32)12-13-35-36-15-18-8-6-7-9-20(18)26(33)34/h6-11,14H,12-13,15H2,1-2,4-5H3,(H,33,34). The van der Waals surface area contributed by atoms with Crippen molar-refractivity contribution in [1.82, 2.24) is 4.90 Å². The van der Waals surface area contributed by atoms with E-state index in [1.54, 1.807) is 24.3 Å². The topological polar surface area (TPSA) is 113 Å². The van der Waals surface area contributed by atoms with Crippen molar-refractivity contribution < 1.29 is 29.3 Å². The van der Waals surface area contributed by atoms with E-state index >= 15 is 0 Å². The van der Waals surface area contributed by atoms with Crippen molar-refractivity contribution >= 4 is 34.9 Å². The zero-order chi connectivity index (χ0) is 26.4. The van der Waals surface area contributed by atoms with Crippen molar-refractivity contribution in [2.45, 2.75) is 20.5 Å². The van der Waals surface area contributed by atoms with Gasteiger partial charge in [-0.25, -0.2) is 24.4 Å². The molecule has 186 valence electrons. The van der Waals surface area contributed by atoms with Crippen molar-refractivity contribution in [3.8, 4) is 0 Å². The molecule has 1 aliphatic rings. The summed E-state index contributed by atoms with van der Waals surface area (Å²) >= 11 is 0. The SMILES string of the molecule is [C-]#[N+]C1=C(C)C(=Nc2ccc(N(C)C)cc2C)C(=O)N(CCOOCc2ccccc2C(=O)O)C1=O. The fourth-order valence-corrected chi connectivity index (χ4v) is 3.56. The van der Waals surface area contributed by atoms with Crippen LogP contribution in [0.1, 0.15) is 28.4 Å². The highest BCUT2D eigenvalue weighted by atomic mass is 17.2. The highest BCUT2D eigenvalue weighted by Gasteiger charge is 2.36. The molecule has 1 heterocycles. The molecule has 2 aromatic carbocycles. The van der Waals surface area contributed by atoms with Crippen LogP contribution in [0.4, 0.5) is 11.4 Å². The minimum Gasteiger partial charge on any atom is -0.478 e. The van der Waals surface area contributed by atoms with Gasteiger partial charge in [-0.2, -0.15) is 0 Å². The summed E-state index contributed by atoms with van der Waals surface area (Å²) in [6, 6.07) is 11.9. The zero-order valence-electron chi connectivity index (χ0n) is 20.4. The quantitative estimate of drug-likeness (QED) is 0.188. The number of carbonyl (C=O) groups is 3. The number of aromatic carboxylic acids is 1. The fraction of sp³-hybridized carbons (Fsp3) is 0.269. The molecule has 0 fully saturated rings. The molecular weight excluding hydrogens is 464 g/mol. The third-order valence-electron chi connectivity index (χ3n) is 5.59. The van der Waals surface area contributed by atoms with Gasteiger partial charge in [0.25, 0.3) is 17.5 Å². The molecule has 1 aliphatic heterocycles. The normalized spacial score (nSPS) is 14.9. The number of imide groups is 1. The van der Waals surface area contributed by atoms with Crippen LogP contribution < -0.4 is 4.90 Å². The molecule has 2 amide bonds. The molecule has 0 unspecified atom stereocenters. The summed E-state index contributed by atoms with van der Waals surface area (Å²) in [5.41, 5.74) is 2.90. The Bertz CT molecular complexity index is 1310. The van der Waals surface area contributed by atoms with E-state index in [9.17, 15) is 19.5 Å². The Kier molecular flexibility index (Phi) is 8.32. The number of carboxylic acids is 1. The van der Waals surface area contributed by atoms with Gasteiger partial charge < -0.3 is 10.0 Å². The van der Waals surface area contributed by atoms with E-state index in [4.69, 9.17) is 16.3 Å². The van der Waals surface area contributed by atoms with Gasteiger partial charge in [-0.05, 0) is 54.8 Å². The third kappa shape index (κ3) is 5.66. The minimum absolute atomic E-state index is 0.0117. The number of rotatable bonds is 9. The second kappa shape index (κ2) is 11.4. The van der Waals surface area contributed by atoms with Crippen molar-refractivity contribution in [1.29, 1.82) is 0 Å². The first-order chi connectivity index (χ1) is 17.1. The van der Waals surface area contributed by atoms with Crippen LogP contribution in [-0.4, -0.2) is 60.7 Å². The van der Waals surface area contributed by atoms with Crippen molar-refractivity contribution in [2.24, 2.45) is 4.99 Å². The predicted molar refractivity (Wildman–Crippen MR) is 133 cm³/mol. The molecule has 0 bridgehead atoms. The van der Waals surface area contributed by atoms with Crippen molar-refractivity contribution in [2.75, 3.05) is 32.1 Å². The molecule has 10 nitrogen and oxygen atoms in total. The number of aliphatic imine (C=N–C) groups is 1. The fourth-order valence-electron chi connectivity index (χ4n) is 3.56. The van der Waals surface area contributed by atoms with Gasteiger partial charge in [-0.1, -0.05) is 18.2 Å². The lowest BCUT2D eigenvalue weighted by Crippen LogP contribution is -2.47. The first-order valence-corrected chi connectivity index (χ1v) is 11.0. The van der Waals surface area contributed by atoms with Gasteiger partial charge in [-0.3, -0.25) is 14.5 Å². The summed E-state index contributed by atoms with van der Waals surface area (Å²) in [5.74, 6) is -2.46. The summed E-state index contributed by atoms with van der Waals surface area (Å²) in [6.07, 6.45) is 0. The lowest BCUT2D eigenvalue weighted by atomic mass is 10.0. The van der Waals surface area contributed by atoms with Crippen LogP contribution in [0.5, 0.6) is 0 Å². The monoisotopic (exact) mass is 490 g/mol. The molecule has 0 radical (unpaired) electrons. The summed E-state index contributed by atoms with van der Waals surface area (Å²) in [5, 5.41) is 9.23. The van der Waals surface area contributed by atoms with Crippen LogP contribution in [0.15, 0.2) is 58.7 Å². The zero-order valence-corrected chi connectivity index (χ0v) is 20.4. The number of hydrogen-bond acceptors (Lipinski definition) is 7. The molecule has 36 heavy (non-hydrogen) atoms. The third-order valence-corrected chi connectivity index (χ3v) is 5.59. The van der Waals surface area contributed by atoms with Crippen LogP contribution in [0.2, 0.25) is 0 Å². The van der Waals surface area contributed by atoms with Crippen LogP contribution >= 0.6 is 0 Å². The van der Waals surface area contributed by atoms with Crippen LogP contribution in [-0.2, 0) is 26.0 Å². The highest BCUT2D eigenvalue weighted by molar-refractivity contribution is 6.51. The Morgan fingerprint density at radius 2 is 1.83 bits per heavy atom. The molecule has 0 atom stereocenters. The molecule has 2 aromatic rings. The summed E-state index contributed by atoms with van der Waals surface area (Å²) in [6.45, 7) is 10.3. The van der Waals surface area contributed by atoms with E-state index in [0.29, 0.717) is 11.3 Å². The molecule has 0 aromatic heterocycles. The van der Waals surface area contributed by atoms with E-state index in [-0.39, 0.29) is 42.3 Å². The Labute approximate surface area is 208 Å². The summed E-state index contributed by atoms with van der Waals surface area (Å²) < 4.78 is 0.